The third-order valence-corrected chi connectivity index (χ3v) is 6.75. The van der Waals surface area contributed by atoms with Crippen molar-refractivity contribution in [2.45, 2.75) is 38.3 Å². The fourth-order valence-corrected chi connectivity index (χ4v) is 5.94. The van der Waals surface area contributed by atoms with Crippen LogP contribution in [-0.2, 0) is 15.0 Å². The maximum absolute atomic E-state index is 12.5. The summed E-state index contributed by atoms with van der Waals surface area (Å²) in [7, 11) is -3.64. The molecule has 1 N–H and O–H groups in total. The molecule has 0 saturated carbocycles. The Kier molecular flexibility index (Phi) is 4.20. The Labute approximate surface area is 112 Å². The van der Waals surface area contributed by atoms with Crippen molar-refractivity contribution in [2.24, 2.45) is 0 Å². The van der Waals surface area contributed by atoms with E-state index in [1.54, 1.807) is 0 Å². The molecule has 2 aliphatic heterocycles. The van der Waals surface area contributed by atoms with E-state index in [0.717, 1.165) is 23.6 Å². The van der Waals surface area contributed by atoms with Crippen molar-refractivity contribution in [1.29, 1.82) is 0 Å². The maximum atomic E-state index is 12.5. The lowest BCUT2D eigenvalue weighted by atomic mass is 10.1. The zero-order chi connectivity index (χ0) is 13.3. The Hall–Kier alpha value is -0.310. The summed E-state index contributed by atoms with van der Waals surface area (Å²) in [6, 6.07) is -0.960. The predicted molar refractivity (Wildman–Crippen MR) is 69.5 cm³/mol. The highest BCUT2D eigenvalue weighted by Gasteiger charge is 2.43. The Morgan fingerprint density at radius 3 is 2.67 bits per heavy atom. The first-order valence-corrected chi connectivity index (χ1v) is 8.59. The van der Waals surface area contributed by atoms with Crippen LogP contribution >= 0.6 is 11.8 Å². The average Bonchev–Trinajstić information content (AvgIpc) is 2.78. The molecule has 0 bridgehead atoms. The molecule has 0 radical (unpaired) electrons. The number of piperidine rings is 1. The van der Waals surface area contributed by atoms with E-state index in [-0.39, 0.29) is 11.9 Å². The van der Waals surface area contributed by atoms with Gasteiger partial charge in [0.2, 0.25) is 0 Å². The van der Waals surface area contributed by atoms with E-state index in [4.69, 9.17) is 5.11 Å². The summed E-state index contributed by atoms with van der Waals surface area (Å²) >= 11 is 1.35. The monoisotopic (exact) mass is 294 g/mol. The number of nitrogens with zero attached hydrogens (tertiary/aromatic N) is 2. The minimum absolute atomic E-state index is 0.0382. The SMILES string of the molecule is CC1CCCCN1S(=O)(=O)N1CSCC1C(=O)O. The van der Waals surface area contributed by atoms with Gasteiger partial charge in [-0.3, -0.25) is 4.79 Å². The number of aliphatic carboxylic acids is 1. The summed E-state index contributed by atoms with van der Waals surface area (Å²) in [6.07, 6.45) is 2.73. The van der Waals surface area contributed by atoms with Crippen LogP contribution in [0.5, 0.6) is 0 Å². The Balaban J connectivity index is 2.22. The van der Waals surface area contributed by atoms with E-state index in [0.29, 0.717) is 12.3 Å². The minimum atomic E-state index is -3.64. The zero-order valence-electron chi connectivity index (χ0n) is 10.3. The molecule has 0 aliphatic carbocycles. The lowest BCUT2D eigenvalue weighted by Gasteiger charge is -2.35. The van der Waals surface area contributed by atoms with Crippen molar-refractivity contribution >= 4 is 27.9 Å². The van der Waals surface area contributed by atoms with E-state index >= 15 is 0 Å². The smallest absolute Gasteiger partial charge is 0.322 e. The first-order valence-electron chi connectivity index (χ1n) is 6.03. The third kappa shape index (κ3) is 2.52. The number of carboxylic acid groups (broad SMARTS) is 1. The van der Waals surface area contributed by atoms with Crippen LogP contribution < -0.4 is 0 Å². The number of carbonyl (C=O) groups is 1. The molecule has 2 atom stereocenters. The third-order valence-electron chi connectivity index (χ3n) is 3.46. The van der Waals surface area contributed by atoms with Gasteiger partial charge in [-0.25, -0.2) is 0 Å². The van der Waals surface area contributed by atoms with Crippen molar-refractivity contribution in [1.82, 2.24) is 8.61 Å². The second kappa shape index (κ2) is 5.36. The summed E-state index contributed by atoms with van der Waals surface area (Å²) < 4.78 is 27.6. The van der Waals surface area contributed by atoms with Gasteiger partial charge >= 0.3 is 5.97 Å². The second-order valence-corrected chi connectivity index (χ2v) is 7.54. The first-order chi connectivity index (χ1) is 8.44. The summed E-state index contributed by atoms with van der Waals surface area (Å²) in [6.45, 7) is 2.38. The molecular weight excluding hydrogens is 276 g/mol. The molecule has 2 fully saturated rings. The highest BCUT2D eigenvalue weighted by molar-refractivity contribution is 8.00. The summed E-state index contributed by atoms with van der Waals surface area (Å²) in [5.74, 6) is -0.493. The molecule has 0 aromatic rings. The molecule has 0 aromatic heterocycles. The molecule has 104 valence electrons. The van der Waals surface area contributed by atoms with Crippen molar-refractivity contribution < 1.29 is 18.3 Å². The predicted octanol–water partition coefficient (Wildman–Crippen LogP) is 0.565. The first kappa shape index (κ1) is 14.1. The fourth-order valence-electron chi connectivity index (χ4n) is 2.40. The number of thioether (sulfide) groups is 1. The summed E-state index contributed by atoms with van der Waals surface area (Å²) in [5.41, 5.74) is 0. The van der Waals surface area contributed by atoms with Gasteiger partial charge in [0, 0.05) is 18.3 Å². The van der Waals surface area contributed by atoms with Crippen LogP contribution in [0, 0.1) is 0 Å². The Morgan fingerprint density at radius 2 is 2.06 bits per heavy atom. The summed E-state index contributed by atoms with van der Waals surface area (Å²) in [5, 5.41) is 9.07. The van der Waals surface area contributed by atoms with Gasteiger partial charge in [-0.15, -0.1) is 11.8 Å². The van der Waals surface area contributed by atoms with Gasteiger partial charge in [0.1, 0.15) is 6.04 Å². The van der Waals surface area contributed by atoms with Gasteiger partial charge in [0.15, 0.2) is 0 Å². The molecule has 2 aliphatic rings. The number of rotatable bonds is 3. The molecule has 6 nitrogen and oxygen atoms in total. The Bertz CT molecular complexity index is 426. The van der Waals surface area contributed by atoms with Crippen LogP contribution in [0.25, 0.3) is 0 Å². The largest absolute Gasteiger partial charge is 0.480 e. The van der Waals surface area contributed by atoms with Crippen LogP contribution in [0.3, 0.4) is 0 Å². The normalized spacial score (nSPS) is 31.6. The van der Waals surface area contributed by atoms with Crippen molar-refractivity contribution in [2.75, 3.05) is 18.2 Å². The van der Waals surface area contributed by atoms with Crippen molar-refractivity contribution in [3.8, 4) is 0 Å². The lowest BCUT2D eigenvalue weighted by Crippen LogP contribution is -2.53. The van der Waals surface area contributed by atoms with Gasteiger partial charge < -0.3 is 5.11 Å². The Morgan fingerprint density at radius 1 is 1.33 bits per heavy atom. The van der Waals surface area contributed by atoms with Gasteiger partial charge in [0.25, 0.3) is 10.2 Å². The molecule has 2 saturated heterocycles. The quantitative estimate of drug-likeness (QED) is 0.823. The van der Waals surface area contributed by atoms with Crippen molar-refractivity contribution in [3.05, 3.63) is 0 Å². The van der Waals surface area contributed by atoms with Crippen LogP contribution in [0.1, 0.15) is 26.2 Å². The molecule has 8 heteroatoms. The number of carboxylic acids is 1. The van der Waals surface area contributed by atoms with E-state index in [1.165, 1.54) is 16.1 Å². The second-order valence-electron chi connectivity index (χ2n) is 4.70. The number of hydrogen-bond acceptors (Lipinski definition) is 4. The molecular formula is C10H18N2O4S2. The van der Waals surface area contributed by atoms with E-state index < -0.39 is 22.2 Å². The van der Waals surface area contributed by atoms with Crippen LogP contribution in [0.4, 0.5) is 0 Å². The van der Waals surface area contributed by atoms with Gasteiger partial charge in [0.05, 0.1) is 5.88 Å². The molecule has 2 heterocycles. The summed E-state index contributed by atoms with van der Waals surface area (Å²) in [4.78, 5) is 11.1. The molecule has 18 heavy (non-hydrogen) atoms. The van der Waals surface area contributed by atoms with Crippen molar-refractivity contribution in [3.63, 3.8) is 0 Å². The van der Waals surface area contributed by atoms with Crippen LogP contribution in [0.2, 0.25) is 0 Å². The standard InChI is InChI=1S/C10H18N2O4S2/c1-8-4-2-3-5-11(8)18(15,16)12-7-17-6-9(12)10(13)14/h8-9H,2-7H2,1H3,(H,13,14). The molecule has 0 spiro atoms. The maximum Gasteiger partial charge on any atom is 0.322 e. The lowest BCUT2D eigenvalue weighted by molar-refractivity contribution is -0.140. The zero-order valence-corrected chi connectivity index (χ0v) is 11.9. The molecule has 0 amide bonds. The van der Waals surface area contributed by atoms with Gasteiger partial charge in [-0.05, 0) is 19.8 Å². The van der Waals surface area contributed by atoms with Crippen LogP contribution in [-0.4, -0.2) is 58.4 Å². The van der Waals surface area contributed by atoms with Crippen LogP contribution in [0.15, 0.2) is 0 Å². The topological polar surface area (TPSA) is 77.9 Å². The molecule has 2 rings (SSSR count). The fraction of sp³-hybridized carbons (Fsp3) is 0.900. The highest BCUT2D eigenvalue weighted by Crippen LogP contribution is 2.29. The van der Waals surface area contributed by atoms with E-state index in [1.807, 2.05) is 6.92 Å². The number of hydrogen-bond donors (Lipinski definition) is 1. The molecule has 0 aromatic carbocycles. The minimum Gasteiger partial charge on any atom is -0.480 e. The highest BCUT2D eigenvalue weighted by atomic mass is 32.2. The van der Waals surface area contributed by atoms with E-state index in [2.05, 4.69) is 0 Å². The van der Waals surface area contributed by atoms with Gasteiger partial charge in [-0.2, -0.15) is 17.0 Å². The van der Waals surface area contributed by atoms with E-state index in [9.17, 15) is 13.2 Å². The molecule has 2 unspecified atom stereocenters. The average molecular weight is 294 g/mol. The van der Waals surface area contributed by atoms with Gasteiger partial charge in [-0.1, -0.05) is 6.42 Å².